The number of halogens is 1. The van der Waals surface area contributed by atoms with E-state index in [9.17, 15) is 4.79 Å². The summed E-state index contributed by atoms with van der Waals surface area (Å²) in [5.74, 6) is 0.0948. The van der Waals surface area contributed by atoms with E-state index in [1.807, 2.05) is 30.3 Å². The number of carbonyl (C=O) groups is 1. The van der Waals surface area contributed by atoms with Gasteiger partial charge in [0.15, 0.2) is 5.78 Å². The van der Waals surface area contributed by atoms with Crippen molar-refractivity contribution >= 4 is 34.0 Å². The van der Waals surface area contributed by atoms with Crippen LogP contribution in [0.3, 0.4) is 0 Å². The van der Waals surface area contributed by atoms with E-state index in [1.54, 1.807) is 30.5 Å². The number of aromatic nitrogens is 1. The van der Waals surface area contributed by atoms with Crippen molar-refractivity contribution in [3.8, 4) is 0 Å². The molecule has 0 amide bonds. The number of ketones is 1. The molecule has 0 aliphatic carbocycles. The molecule has 4 heteroatoms. The van der Waals surface area contributed by atoms with E-state index in [-0.39, 0.29) is 5.78 Å². The van der Waals surface area contributed by atoms with Gasteiger partial charge in [-0.05, 0) is 36.4 Å². The van der Waals surface area contributed by atoms with Gasteiger partial charge in [-0.25, -0.2) is 0 Å². The predicted octanol–water partition coefficient (Wildman–Crippen LogP) is 4.57. The fourth-order valence-electron chi connectivity index (χ4n) is 2.34. The van der Waals surface area contributed by atoms with Crippen LogP contribution in [0.25, 0.3) is 10.9 Å². The van der Waals surface area contributed by atoms with Gasteiger partial charge in [0.2, 0.25) is 0 Å². The van der Waals surface area contributed by atoms with Gasteiger partial charge in [-0.3, -0.25) is 9.78 Å². The first-order valence-electron chi connectivity index (χ1n) is 7.10. The number of nitrogens with zero attached hydrogens (tertiary/aromatic N) is 1. The van der Waals surface area contributed by atoms with Crippen molar-refractivity contribution in [1.82, 2.24) is 4.98 Å². The molecule has 1 aromatic heterocycles. The molecule has 0 aliphatic heterocycles. The summed E-state index contributed by atoms with van der Waals surface area (Å²) in [5.41, 5.74) is 2.55. The number of pyridine rings is 1. The lowest BCUT2D eigenvalue weighted by Crippen LogP contribution is -2.09. The molecule has 2 aromatic carbocycles. The van der Waals surface area contributed by atoms with Gasteiger partial charge in [0.1, 0.15) is 0 Å². The highest BCUT2D eigenvalue weighted by molar-refractivity contribution is 6.30. The van der Waals surface area contributed by atoms with Crippen LogP contribution in [0, 0.1) is 0 Å². The van der Waals surface area contributed by atoms with E-state index in [0.717, 1.165) is 16.6 Å². The second-order valence-corrected chi connectivity index (χ2v) is 5.42. The van der Waals surface area contributed by atoms with Crippen molar-refractivity contribution in [2.24, 2.45) is 0 Å². The second kappa shape index (κ2) is 6.58. The van der Waals surface area contributed by atoms with Crippen LogP contribution >= 0.6 is 11.6 Å². The molecule has 0 bridgehead atoms. The molecule has 0 radical (unpaired) electrons. The predicted molar refractivity (Wildman–Crippen MR) is 90.6 cm³/mol. The molecule has 1 N–H and O–H groups in total. The zero-order chi connectivity index (χ0) is 15.4. The molecule has 3 rings (SSSR count). The minimum absolute atomic E-state index is 0.0948. The van der Waals surface area contributed by atoms with Gasteiger partial charge in [0, 0.05) is 35.1 Å². The smallest absolute Gasteiger partial charge is 0.164 e. The Hall–Kier alpha value is -2.39. The number of fused-ring (bicyclic) bond motifs is 1. The Morgan fingerprint density at radius 2 is 1.82 bits per heavy atom. The Bertz CT molecular complexity index is 794. The van der Waals surface area contributed by atoms with Crippen LogP contribution in [0.1, 0.15) is 16.8 Å². The van der Waals surface area contributed by atoms with Gasteiger partial charge in [0.05, 0.1) is 11.2 Å². The second-order valence-electron chi connectivity index (χ2n) is 4.99. The molecule has 0 fully saturated rings. The Morgan fingerprint density at radius 1 is 1.05 bits per heavy atom. The molecular weight excluding hydrogens is 296 g/mol. The standard InChI is InChI=1S/C18H15ClN2O/c19-15-8-6-13(7-9-15)17(22)10-12-20-16-5-1-3-14-4-2-11-21-18(14)16/h1-9,11,20H,10,12H2. The fourth-order valence-corrected chi connectivity index (χ4v) is 2.46. The van der Waals surface area contributed by atoms with E-state index < -0.39 is 0 Å². The summed E-state index contributed by atoms with van der Waals surface area (Å²) in [4.78, 5) is 16.5. The third-order valence-electron chi connectivity index (χ3n) is 3.47. The number of nitrogens with one attached hydrogen (secondary N) is 1. The van der Waals surface area contributed by atoms with E-state index in [2.05, 4.69) is 10.3 Å². The van der Waals surface area contributed by atoms with Crippen LogP contribution in [-0.2, 0) is 0 Å². The van der Waals surface area contributed by atoms with E-state index >= 15 is 0 Å². The quantitative estimate of drug-likeness (QED) is 0.702. The molecule has 0 saturated heterocycles. The average Bonchev–Trinajstić information content (AvgIpc) is 2.55. The molecule has 3 aromatic rings. The molecule has 0 spiro atoms. The maximum absolute atomic E-state index is 12.1. The van der Waals surface area contributed by atoms with E-state index in [1.165, 1.54) is 0 Å². The van der Waals surface area contributed by atoms with Gasteiger partial charge in [-0.1, -0.05) is 29.8 Å². The Labute approximate surface area is 133 Å². The molecule has 0 unspecified atom stereocenters. The molecule has 3 nitrogen and oxygen atoms in total. The van der Waals surface area contributed by atoms with Crippen molar-refractivity contribution in [2.45, 2.75) is 6.42 Å². The van der Waals surface area contributed by atoms with Gasteiger partial charge in [0.25, 0.3) is 0 Å². The van der Waals surface area contributed by atoms with Crippen LogP contribution in [0.2, 0.25) is 5.02 Å². The maximum atomic E-state index is 12.1. The average molecular weight is 311 g/mol. The number of para-hydroxylation sites is 1. The SMILES string of the molecule is O=C(CCNc1cccc2cccnc12)c1ccc(Cl)cc1. The normalized spacial score (nSPS) is 10.6. The third-order valence-corrected chi connectivity index (χ3v) is 3.72. The van der Waals surface area contributed by atoms with Crippen molar-refractivity contribution in [2.75, 3.05) is 11.9 Å². The van der Waals surface area contributed by atoms with Gasteiger partial charge >= 0.3 is 0 Å². The highest BCUT2D eigenvalue weighted by Crippen LogP contribution is 2.20. The van der Waals surface area contributed by atoms with Crippen molar-refractivity contribution in [3.05, 3.63) is 71.4 Å². The number of hydrogen-bond donors (Lipinski definition) is 1. The van der Waals surface area contributed by atoms with Crippen molar-refractivity contribution in [3.63, 3.8) is 0 Å². The lowest BCUT2D eigenvalue weighted by atomic mass is 10.1. The molecule has 110 valence electrons. The molecule has 0 saturated carbocycles. The Morgan fingerprint density at radius 3 is 2.64 bits per heavy atom. The van der Waals surface area contributed by atoms with Gasteiger partial charge in [-0.15, -0.1) is 0 Å². The highest BCUT2D eigenvalue weighted by atomic mass is 35.5. The highest BCUT2D eigenvalue weighted by Gasteiger charge is 2.06. The largest absolute Gasteiger partial charge is 0.383 e. The minimum Gasteiger partial charge on any atom is -0.383 e. The lowest BCUT2D eigenvalue weighted by molar-refractivity contribution is 0.0986. The number of hydrogen-bond acceptors (Lipinski definition) is 3. The molecule has 1 heterocycles. The van der Waals surface area contributed by atoms with Crippen LogP contribution in [0.4, 0.5) is 5.69 Å². The lowest BCUT2D eigenvalue weighted by Gasteiger charge is -2.08. The van der Waals surface area contributed by atoms with E-state index in [4.69, 9.17) is 11.6 Å². The van der Waals surface area contributed by atoms with Crippen molar-refractivity contribution < 1.29 is 4.79 Å². The summed E-state index contributed by atoms with van der Waals surface area (Å²) < 4.78 is 0. The number of benzene rings is 2. The zero-order valence-corrected chi connectivity index (χ0v) is 12.7. The number of rotatable bonds is 5. The van der Waals surface area contributed by atoms with E-state index in [0.29, 0.717) is 23.6 Å². The minimum atomic E-state index is 0.0948. The summed E-state index contributed by atoms with van der Waals surface area (Å²) in [6, 6.07) is 16.9. The summed E-state index contributed by atoms with van der Waals surface area (Å²) in [6.45, 7) is 0.567. The van der Waals surface area contributed by atoms with Crippen molar-refractivity contribution in [1.29, 1.82) is 0 Å². The first kappa shape index (κ1) is 14.5. The van der Waals surface area contributed by atoms with Crippen LogP contribution in [0.15, 0.2) is 60.8 Å². The zero-order valence-electron chi connectivity index (χ0n) is 11.9. The first-order chi connectivity index (χ1) is 10.7. The number of carbonyl (C=O) groups excluding carboxylic acids is 1. The topological polar surface area (TPSA) is 42.0 Å². The molecular formula is C18H15ClN2O. The van der Waals surface area contributed by atoms with Gasteiger partial charge < -0.3 is 5.32 Å². The Balaban J connectivity index is 1.65. The van der Waals surface area contributed by atoms with Crippen LogP contribution in [0.5, 0.6) is 0 Å². The van der Waals surface area contributed by atoms with Gasteiger partial charge in [-0.2, -0.15) is 0 Å². The van der Waals surface area contributed by atoms with Crippen LogP contribution in [-0.4, -0.2) is 17.3 Å². The third kappa shape index (κ3) is 3.26. The van der Waals surface area contributed by atoms with Crippen LogP contribution < -0.4 is 5.32 Å². The number of anilines is 1. The summed E-state index contributed by atoms with van der Waals surface area (Å²) in [6.07, 6.45) is 2.19. The summed E-state index contributed by atoms with van der Waals surface area (Å²) in [7, 11) is 0. The number of Topliss-reactive ketones (excluding diaryl/α,β-unsaturated/α-hetero) is 1. The summed E-state index contributed by atoms with van der Waals surface area (Å²) >= 11 is 5.83. The monoisotopic (exact) mass is 310 g/mol. The molecule has 0 aliphatic rings. The first-order valence-corrected chi connectivity index (χ1v) is 7.48. The Kier molecular flexibility index (Phi) is 4.35. The molecule has 0 atom stereocenters. The maximum Gasteiger partial charge on any atom is 0.164 e. The fraction of sp³-hybridized carbons (Fsp3) is 0.111. The summed E-state index contributed by atoms with van der Waals surface area (Å²) in [5, 5.41) is 5.01. The molecule has 22 heavy (non-hydrogen) atoms.